The van der Waals surface area contributed by atoms with E-state index in [9.17, 15) is 9.59 Å². The molecule has 16 heavy (non-hydrogen) atoms. The van der Waals surface area contributed by atoms with Gasteiger partial charge in [0.05, 0.1) is 18.5 Å². The van der Waals surface area contributed by atoms with Gasteiger partial charge < -0.3 is 15.3 Å². The minimum absolute atomic E-state index is 0.0252. The molecule has 0 aromatic carbocycles. The summed E-state index contributed by atoms with van der Waals surface area (Å²) in [6.45, 7) is 0.217. The molecule has 1 saturated carbocycles. The molecule has 2 N–H and O–H groups in total. The number of urea groups is 1. The monoisotopic (exact) mass is 224 g/mol. The van der Waals surface area contributed by atoms with E-state index >= 15 is 0 Å². The number of hydrogen-bond donors (Lipinski definition) is 2. The lowest BCUT2D eigenvalue weighted by atomic mass is 9.74. The molecular weight excluding hydrogens is 208 g/mol. The van der Waals surface area contributed by atoms with E-state index in [-0.39, 0.29) is 19.0 Å². The van der Waals surface area contributed by atoms with Crippen molar-refractivity contribution in [2.45, 2.75) is 31.2 Å². The van der Waals surface area contributed by atoms with Crippen LogP contribution in [-0.2, 0) is 4.79 Å². The first-order chi connectivity index (χ1) is 7.49. The Kier molecular flexibility index (Phi) is 3.78. The number of hydrogen-bond acceptors (Lipinski definition) is 2. The number of amides is 2. The van der Waals surface area contributed by atoms with Crippen molar-refractivity contribution in [2.24, 2.45) is 0 Å². The van der Waals surface area contributed by atoms with E-state index in [4.69, 9.17) is 11.5 Å². The molecule has 88 valence electrons. The summed E-state index contributed by atoms with van der Waals surface area (Å²) in [6, 6.07) is -0.307. The maximum absolute atomic E-state index is 11.6. The topological polar surface area (TPSA) is 69.6 Å². The van der Waals surface area contributed by atoms with Crippen LogP contribution < -0.4 is 5.32 Å². The molecule has 0 heterocycles. The summed E-state index contributed by atoms with van der Waals surface area (Å²) >= 11 is 0. The normalized spacial score (nSPS) is 16.8. The van der Waals surface area contributed by atoms with Gasteiger partial charge in [-0.2, -0.15) is 0 Å². The van der Waals surface area contributed by atoms with Gasteiger partial charge in [0.15, 0.2) is 0 Å². The summed E-state index contributed by atoms with van der Waals surface area (Å²) in [6.07, 6.45) is 7.45. The van der Waals surface area contributed by atoms with Crippen LogP contribution in [0, 0.1) is 12.3 Å². The van der Waals surface area contributed by atoms with Crippen molar-refractivity contribution in [1.82, 2.24) is 10.2 Å². The van der Waals surface area contributed by atoms with Gasteiger partial charge in [0.25, 0.3) is 0 Å². The van der Waals surface area contributed by atoms with E-state index in [0.717, 1.165) is 19.3 Å². The highest BCUT2D eigenvalue weighted by Gasteiger charge is 2.40. The minimum atomic E-state index is -0.889. The summed E-state index contributed by atoms with van der Waals surface area (Å²) in [5, 5.41) is 11.5. The Balaban J connectivity index is 2.53. The minimum Gasteiger partial charge on any atom is -0.481 e. The molecule has 5 heteroatoms. The molecule has 1 aliphatic rings. The summed E-state index contributed by atoms with van der Waals surface area (Å²) in [4.78, 5) is 23.7. The molecule has 1 fully saturated rings. The van der Waals surface area contributed by atoms with E-state index in [2.05, 4.69) is 11.2 Å². The molecule has 0 bridgehead atoms. The van der Waals surface area contributed by atoms with Crippen molar-refractivity contribution in [3.05, 3.63) is 0 Å². The van der Waals surface area contributed by atoms with Gasteiger partial charge in [-0.1, -0.05) is 5.92 Å². The summed E-state index contributed by atoms with van der Waals surface area (Å²) in [5.74, 6) is 1.47. The Labute approximate surface area is 94.8 Å². The number of rotatable bonds is 4. The van der Waals surface area contributed by atoms with E-state index in [1.165, 1.54) is 4.90 Å². The quantitative estimate of drug-likeness (QED) is 0.689. The zero-order valence-electron chi connectivity index (χ0n) is 9.32. The molecule has 1 aliphatic carbocycles. The van der Waals surface area contributed by atoms with E-state index in [1.807, 2.05) is 0 Å². The fourth-order valence-corrected chi connectivity index (χ4v) is 1.77. The number of carboxylic acid groups (broad SMARTS) is 1. The van der Waals surface area contributed by atoms with Crippen molar-refractivity contribution in [1.29, 1.82) is 0 Å². The van der Waals surface area contributed by atoms with Crippen LogP contribution >= 0.6 is 0 Å². The molecule has 0 aliphatic heterocycles. The third-order valence-electron chi connectivity index (χ3n) is 2.85. The lowest BCUT2D eigenvalue weighted by molar-refractivity contribution is -0.139. The average Bonchev–Trinajstić information content (AvgIpc) is 2.13. The van der Waals surface area contributed by atoms with Gasteiger partial charge in [0.1, 0.15) is 0 Å². The zero-order chi connectivity index (χ0) is 12.2. The van der Waals surface area contributed by atoms with Crippen LogP contribution in [0.5, 0.6) is 0 Å². The number of terminal acetylenes is 1. The first kappa shape index (κ1) is 12.4. The Morgan fingerprint density at radius 3 is 2.56 bits per heavy atom. The van der Waals surface area contributed by atoms with Gasteiger partial charge in [-0.15, -0.1) is 6.42 Å². The van der Waals surface area contributed by atoms with Crippen molar-refractivity contribution in [3.63, 3.8) is 0 Å². The van der Waals surface area contributed by atoms with Gasteiger partial charge in [-0.05, 0) is 19.3 Å². The van der Waals surface area contributed by atoms with E-state index in [1.54, 1.807) is 7.05 Å². The number of aliphatic carboxylic acids is 1. The zero-order valence-corrected chi connectivity index (χ0v) is 9.32. The smallest absolute Gasteiger partial charge is 0.318 e. The van der Waals surface area contributed by atoms with Crippen LogP contribution in [0.1, 0.15) is 25.7 Å². The number of carbonyl (C=O) groups is 2. The SMILES string of the molecule is C#CCN(C)C(=O)NC1(CC(=O)O)CCC1. The van der Waals surface area contributed by atoms with Crippen LogP contribution in [0.2, 0.25) is 0 Å². The largest absolute Gasteiger partial charge is 0.481 e. The molecule has 0 unspecified atom stereocenters. The van der Waals surface area contributed by atoms with Crippen LogP contribution in [-0.4, -0.2) is 41.1 Å². The Bertz CT molecular complexity index is 329. The van der Waals surface area contributed by atoms with Crippen molar-refractivity contribution < 1.29 is 14.7 Å². The second-order valence-electron chi connectivity index (χ2n) is 4.19. The first-order valence-corrected chi connectivity index (χ1v) is 5.18. The van der Waals surface area contributed by atoms with Gasteiger partial charge in [-0.3, -0.25) is 4.79 Å². The van der Waals surface area contributed by atoms with Gasteiger partial charge in [0, 0.05) is 7.05 Å². The second kappa shape index (κ2) is 4.88. The molecule has 0 aromatic rings. The van der Waals surface area contributed by atoms with Crippen molar-refractivity contribution in [3.8, 4) is 12.3 Å². The number of nitrogens with zero attached hydrogens (tertiary/aromatic N) is 1. The Hall–Kier alpha value is -1.70. The number of carboxylic acids is 1. The summed E-state index contributed by atoms with van der Waals surface area (Å²) < 4.78 is 0. The molecule has 0 radical (unpaired) electrons. The third kappa shape index (κ3) is 2.89. The van der Waals surface area contributed by atoms with Crippen LogP contribution in [0.4, 0.5) is 4.79 Å². The number of nitrogens with one attached hydrogen (secondary N) is 1. The van der Waals surface area contributed by atoms with E-state index < -0.39 is 11.5 Å². The molecular formula is C11H16N2O3. The molecule has 1 rings (SSSR count). The highest BCUT2D eigenvalue weighted by Crippen LogP contribution is 2.34. The lowest BCUT2D eigenvalue weighted by Crippen LogP contribution is -2.57. The van der Waals surface area contributed by atoms with Crippen LogP contribution in [0.3, 0.4) is 0 Å². The fraction of sp³-hybridized carbons (Fsp3) is 0.636. The van der Waals surface area contributed by atoms with Gasteiger partial charge >= 0.3 is 12.0 Å². The maximum atomic E-state index is 11.6. The average molecular weight is 224 g/mol. The molecule has 0 atom stereocenters. The molecule has 0 spiro atoms. The Morgan fingerprint density at radius 2 is 2.19 bits per heavy atom. The van der Waals surface area contributed by atoms with Gasteiger partial charge in [-0.25, -0.2) is 4.79 Å². The number of carbonyl (C=O) groups excluding carboxylic acids is 1. The second-order valence-corrected chi connectivity index (χ2v) is 4.19. The molecule has 5 nitrogen and oxygen atoms in total. The molecule has 0 aromatic heterocycles. The van der Waals surface area contributed by atoms with Crippen molar-refractivity contribution in [2.75, 3.05) is 13.6 Å². The predicted octanol–water partition coefficient (Wildman–Crippen LogP) is 0.658. The highest BCUT2D eigenvalue weighted by molar-refractivity contribution is 5.77. The molecule has 2 amide bonds. The third-order valence-corrected chi connectivity index (χ3v) is 2.85. The lowest BCUT2D eigenvalue weighted by Gasteiger charge is -2.42. The molecule has 0 saturated heterocycles. The van der Waals surface area contributed by atoms with Crippen LogP contribution in [0.15, 0.2) is 0 Å². The van der Waals surface area contributed by atoms with E-state index in [0.29, 0.717) is 0 Å². The summed E-state index contributed by atoms with van der Waals surface area (Å²) in [5.41, 5.74) is -0.564. The van der Waals surface area contributed by atoms with Crippen LogP contribution in [0.25, 0.3) is 0 Å². The maximum Gasteiger partial charge on any atom is 0.318 e. The Morgan fingerprint density at radius 1 is 1.56 bits per heavy atom. The first-order valence-electron chi connectivity index (χ1n) is 5.18. The fourth-order valence-electron chi connectivity index (χ4n) is 1.77. The standard InChI is InChI=1S/C11H16N2O3/c1-3-7-13(2)10(16)12-11(5-4-6-11)8-9(14)15/h1H,4-8H2,2H3,(H,12,16)(H,14,15). The predicted molar refractivity (Wildman–Crippen MR) is 58.8 cm³/mol. The van der Waals surface area contributed by atoms with Gasteiger partial charge in [0.2, 0.25) is 0 Å². The highest BCUT2D eigenvalue weighted by atomic mass is 16.4. The summed E-state index contributed by atoms with van der Waals surface area (Å²) in [7, 11) is 1.59. The van der Waals surface area contributed by atoms with Crippen molar-refractivity contribution >= 4 is 12.0 Å².